The number of fused-ring (bicyclic) bond motifs is 1. The van der Waals surface area contributed by atoms with Gasteiger partial charge in [0.05, 0.1) is 11.8 Å². The first kappa shape index (κ1) is 16.3. The van der Waals surface area contributed by atoms with Gasteiger partial charge < -0.3 is 5.32 Å². The zero-order valence-corrected chi connectivity index (χ0v) is 15.2. The molecule has 0 unspecified atom stereocenters. The first-order valence-electron chi connectivity index (χ1n) is 9.01. The van der Waals surface area contributed by atoms with Gasteiger partial charge in [-0.2, -0.15) is 10.4 Å². The fraction of sp³-hybridized carbons (Fsp3) is 0.526. The van der Waals surface area contributed by atoms with Crippen molar-refractivity contribution in [2.75, 3.05) is 5.32 Å². The quantitative estimate of drug-likeness (QED) is 0.912. The van der Waals surface area contributed by atoms with Crippen molar-refractivity contribution in [1.82, 2.24) is 9.78 Å². The molecule has 1 fully saturated rings. The van der Waals surface area contributed by atoms with E-state index in [4.69, 9.17) is 0 Å². The number of nitrogens with one attached hydrogen (secondary N) is 1. The first-order chi connectivity index (χ1) is 12.2. The van der Waals surface area contributed by atoms with E-state index in [1.54, 1.807) is 16.0 Å². The van der Waals surface area contributed by atoms with Crippen molar-refractivity contribution in [2.45, 2.75) is 50.9 Å². The summed E-state index contributed by atoms with van der Waals surface area (Å²) >= 11 is 1.61. The summed E-state index contributed by atoms with van der Waals surface area (Å²) in [5.41, 5.74) is 3.01. The summed E-state index contributed by atoms with van der Waals surface area (Å²) in [6.45, 7) is 0. The molecule has 0 aliphatic heterocycles. The number of anilines is 1. The molecule has 4 rings (SSSR count). The van der Waals surface area contributed by atoms with E-state index in [2.05, 4.69) is 16.5 Å². The van der Waals surface area contributed by atoms with Crippen molar-refractivity contribution >= 4 is 22.2 Å². The number of aromatic nitrogens is 2. The minimum atomic E-state index is 0.000395. The molecule has 2 aliphatic carbocycles. The number of aryl methyl sites for hydroxylation is 2. The largest absolute Gasteiger partial charge is 0.316 e. The van der Waals surface area contributed by atoms with Crippen LogP contribution >= 0.6 is 11.3 Å². The van der Waals surface area contributed by atoms with Gasteiger partial charge in [0.15, 0.2) is 0 Å². The van der Waals surface area contributed by atoms with Crippen LogP contribution in [0, 0.1) is 17.2 Å². The number of thiophene rings is 1. The maximum atomic E-state index is 12.6. The SMILES string of the molecule is Cn1cc([C@H]2C[C@@H]2C(=O)Nc2sc3c(c2C#N)CCCCCC3)cn1. The lowest BCUT2D eigenvalue weighted by molar-refractivity contribution is -0.117. The summed E-state index contributed by atoms with van der Waals surface area (Å²) in [7, 11) is 1.89. The summed E-state index contributed by atoms with van der Waals surface area (Å²) in [6.07, 6.45) is 11.5. The molecule has 2 atom stereocenters. The number of nitrogens with zero attached hydrogens (tertiary/aromatic N) is 3. The topological polar surface area (TPSA) is 70.7 Å². The number of carbonyl (C=O) groups is 1. The minimum Gasteiger partial charge on any atom is -0.316 e. The molecule has 1 N–H and O–H groups in total. The predicted octanol–water partition coefficient (Wildman–Crippen LogP) is 3.75. The van der Waals surface area contributed by atoms with Crippen LogP contribution in [0.2, 0.25) is 0 Å². The Bertz CT molecular complexity index is 844. The van der Waals surface area contributed by atoms with Crippen LogP contribution in [0.5, 0.6) is 0 Å². The fourth-order valence-electron chi connectivity index (χ4n) is 3.82. The lowest BCUT2D eigenvalue weighted by atomic mass is 9.97. The standard InChI is InChI=1S/C19H22N4OS/c1-23-11-12(10-21-23)14-8-15(14)18(24)22-19-16(9-20)13-6-4-2-3-5-7-17(13)25-19/h10-11,14-15H,2-8H2,1H3,(H,22,24)/t14-,15+/m1/s1. The molecule has 0 radical (unpaired) electrons. The molecule has 25 heavy (non-hydrogen) atoms. The second-order valence-corrected chi connectivity index (χ2v) is 8.22. The molecule has 1 amide bonds. The summed E-state index contributed by atoms with van der Waals surface area (Å²) in [5, 5.41) is 17.6. The average molecular weight is 354 g/mol. The van der Waals surface area contributed by atoms with Crippen LogP contribution in [-0.4, -0.2) is 15.7 Å². The molecule has 5 nitrogen and oxygen atoms in total. The molecule has 0 bridgehead atoms. The van der Waals surface area contributed by atoms with Crippen LogP contribution in [0.15, 0.2) is 12.4 Å². The van der Waals surface area contributed by atoms with Crippen LogP contribution in [0.25, 0.3) is 0 Å². The third-order valence-electron chi connectivity index (χ3n) is 5.30. The summed E-state index contributed by atoms with van der Waals surface area (Å²) in [5.74, 6) is 0.306. The van der Waals surface area contributed by atoms with E-state index >= 15 is 0 Å². The number of nitriles is 1. The maximum absolute atomic E-state index is 12.6. The average Bonchev–Trinajstić information content (AvgIpc) is 3.17. The van der Waals surface area contributed by atoms with Gasteiger partial charge >= 0.3 is 0 Å². The van der Waals surface area contributed by atoms with Gasteiger partial charge in [-0.25, -0.2) is 0 Å². The molecule has 6 heteroatoms. The Kier molecular flexibility index (Phi) is 4.34. The lowest BCUT2D eigenvalue weighted by Gasteiger charge is -2.08. The molecule has 0 aromatic carbocycles. The van der Waals surface area contributed by atoms with Crippen molar-refractivity contribution in [3.8, 4) is 6.07 Å². The van der Waals surface area contributed by atoms with E-state index in [0.29, 0.717) is 5.56 Å². The zero-order chi connectivity index (χ0) is 17.4. The van der Waals surface area contributed by atoms with E-state index in [1.807, 2.05) is 19.4 Å². The Hall–Kier alpha value is -2.13. The third kappa shape index (κ3) is 3.21. The highest BCUT2D eigenvalue weighted by molar-refractivity contribution is 7.16. The Morgan fingerprint density at radius 1 is 1.36 bits per heavy atom. The lowest BCUT2D eigenvalue weighted by Crippen LogP contribution is -2.14. The van der Waals surface area contributed by atoms with Crippen molar-refractivity contribution in [2.24, 2.45) is 13.0 Å². The van der Waals surface area contributed by atoms with Crippen LogP contribution in [0.3, 0.4) is 0 Å². The van der Waals surface area contributed by atoms with Crippen molar-refractivity contribution in [3.05, 3.63) is 34.0 Å². The monoisotopic (exact) mass is 354 g/mol. The minimum absolute atomic E-state index is 0.000395. The van der Waals surface area contributed by atoms with E-state index < -0.39 is 0 Å². The molecule has 2 aromatic heterocycles. The van der Waals surface area contributed by atoms with E-state index in [1.165, 1.54) is 29.7 Å². The molecule has 2 aromatic rings. The highest BCUT2D eigenvalue weighted by Crippen LogP contribution is 2.48. The number of amides is 1. The molecular weight excluding hydrogens is 332 g/mol. The molecule has 1 saturated carbocycles. The summed E-state index contributed by atoms with van der Waals surface area (Å²) in [4.78, 5) is 13.9. The van der Waals surface area contributed by atoms with Crippen LogP contribution in [-0.2, 0) is 24.7 Å². The highest BCUT2D eigenvalue weighted by atomic mass is 32.1. The normalized spacial score (nSPS) is 22.4. The Morgan fingerprint density at radius 2 is 2.16 bits per heavy atom. The van der Waals surface area contributed by atoms with Crippen molar-refractivity contribution < 1.29 is 4.79 Å². The maximum Gasteiger partial charge on any atom is 0.228 e. The van der Waals surface area contributed by atoms with E-state index in [-0.39, 0.29) is 17.7 Å². The number of hydrogen-bond acceptors (Lipinski definition) is 4. The zero-order valence-electron chi connectivity index (χ0n) is 14.4. The number of rotatable bonds is 3. The van der Waals surface area contributed by atoms with Crippen molar-refractivity contribution in [3.63, 3.8) is 0 Å². The van der Waals surface area contributed by atoms with Gasteiger partial charge in [-0.1, -0.05) is 12.8 Å². The van der Waals surface area contributed by atoms with Crippen molar-refractivity contribution in [1.29, 1.82) is 5.26 Å². The van der Waals surface area contributed by atoms with Crippen LogP contribution < -0.4 is 5.32 Å². The second-order valence-electron chi connectivity index (χ2n) is 7.12. The van der Waals surface area contributed by atoms with Gasteiger partial charge in [-0.05, 0) is 49.1 Å². The van der Waals surface area contributed by atoms with Crippen LogP contribution in [0.4, 0.5) is 5.00 Å². The van der Waals surface area contributed by atoms with Gasteiger partial charge in [0, 0.05) is 24.0 Å². The Morgan fingerprint density at radius 3 is 2.88 bits per heavy atom. The number of hydrogen-bond donors (Lipinski definition) is 1. The molecule has 2 aliphatic rings. The smallest absolute Gasteiger partial charge is 0.228 e. The second kappa shape index (κ2) is 6.64. The third-order valence-corrected chi connectivity index (χ3v) is 6.51. The van der Waals surface area contributed by atoms with Gasteiger partial charge in [0.2, 0.25) is 5.91 Å². The Labute approximate surface area is 151 Å². The Balaban J connectivity index is 1.50. The number of carbonyl (C=O) groups excluding carboxylic acids is 1. The predicted molar refractivity (Wildman–Crippen MR) is 97.6 cm³/mol. The van der Waals surface area contributed by atoms with Gasteiger partial charge in [0.25, 0.3) is 0 Å². The van der Waals surface area contributed by atoms with E-state index in [0.717, 1.165) is 36.2 Å². The van der Waals surface area contributed by atoms with Gasteiger partial charge in [-0.3, -0.25) is 9.48 Å². The molecule has 130 valence electrons. The molecule has 2 heterocycles. The molecule has 0 spiro atoms. The highest BCUT2D eigenvalue weighted by Gasteiger charge is 2.45. The first-order valence-corrected chi connectivity index (χ1v) is 9.83. The van der Waals surface area contributed by atoms with Crippen LogP contribution in [0.1, 0.15) is 59.6 Å². The fourth-order valence-corrected chi connectivity index (χ4v) is 5.06. The summed E-state index contributed by atoms with van der Waals surface area (Å²) < 4.78 is 1.77. The van der Waals surface area contributed by atoms with Gasteiger partial charge in [-0.15, -0.1) is 11.3 Å². The van der Waals surface area contributed by atoms with Gasteiger partial charge in [0.1, 0.15) is 11.1 Å². The van der Waals surface area contributed by atoms with E-state index in [9.17, 15) is 10.1 Å². The molecule has 0 saturated heterocycles. The molecular formula is C19H22N4OS. The summed E-state index contributed by atoms with van der Waals surface area (Å²) in [6, 6.07) is 2.35.